The number of carbonyl (C=O) groups is 1. The van der Waals surface area contributed by atoms with Crippen LogP contribution in [-0.4, -0.2) is 36.1 Å². The molecule has 0 bridgehead atoms. The van der Waals surface area contributed by atoms with Gasteiger partial charge >= 0.3 is 6.01 Å². The van der Waals surface area contributed by atoms with Crippen molar-refractivity contribution < 1.29 is 17.9 Å². The quantitative estimate of drug-likeness (QED) is 0.690. The molecule has 10 heteroatoms. The molecule has 126 valence electrons. The fourth-order valence-electron chi connectivity index (χ4n) is 2.29. The summed E-state index contributed by atoms with van der Waals surface area (Å²) in [5.74, 6) is 0.126. The maximum absolute atomic E-state index is 12.1. The number of rotatable bonds is 4. The summed E-state index contributed by atoms with van der Waals surface area (Å²) in [4.78, 5) is 21.5. The Morgan fingerprint density at radius 3 is 2.62 bits per heavy atom. The van der Waals surface area contributed by atoms with Gasteiger partial charge in [0.1, 0.15) is 11.0 Å². The number of benzene rings is 1. The molecule has 24 heavy (non-hydrogen) atoms. The average molecular weight is 433 g/mol. The Kier molecular flexibility index (Phi) is 4.75. The van der Waals surface area contributed by atoms with Gasteiger partial charge in [-0.05, 0) is 28.1 Å². The second-order valence-electron chi connectivity index (χ2n) is 5.09. The van der Waals surface area contributed by atoms with E-state index in [2.05, 4.69) is 25.9 Å². The number of hydrogen-bond donors (Lipinski definition) is 0. The molecule has 1 aromatic carbocycles. The van der Waals surface area contributed by atoms with E-state index in [9.17, 15) is 13.2 Å². The number of aromatic nitrogens is 2. The van der Waals surface area contributed by atoms with Gasteiger partial charge in [0.15, 0.2) is 0 Å². The first-order chi connectivity index (χ1) is 11.3. The predicted octanol–water partition coefficient (Wildman–Crippen LogP) is 2.71. The molecule has 1 aliphatic heterocycles. The van der Waals surface area contributed by atoms with Crippen LogP contribution in [-0.2, 0) is 13.8 Å². The third-order valence-corrected chi connectivity index (χ3v) is 5.70. The van der Waals surface area contributed by atoms with E-state index in [1.165, 1.54) is 4.90 Å². The van der Waals surface area contributed by atoms with Gasteiger partial charge in [0.2, 0.25) is 15.0 Å². The molecule has 1 amide bonds. The summed E-state index contributed by atoms with van der Waals surface area (Å²) in [6.45, 7) is 0.0168. The number of halogens is 2. The highest BCUT2D eigenvalue weighted by Crippen LogP contribution is 2.30. The Balaban J connectivity index is 1.80. The molecular weight excluding hydrogens is 422 g/mol. The van der Waals surface area contributed by atoms with Gasteiger partial charge < -0.3 is 9.64 Å². The van der Waals surface area contributed by atoms with Crippen LogP contribution < -0.4 is 9.64 Å². The molecule has 1 fully saturated rings. The van der Waals surface area contributed by atoms with Gasteiger partial charge in [-0.25, -0.2) is 18.4 Å². The minimum atomic E-state index is -3.79. The van der Waals surface area contributed by atoms with Crippen LogP contribution in [0, 0.1) is 0 Å². The Morgan fingerprint density at radius 1 is 1.29 bits per heavy atom. The summed E-state index contributed by atoms with van der Waals surface area (Å²) in [6, 6.07) is 6.84. The zero-order valence-electron chi connectivity index (χ0n) is 12.1. The average Bonchev–Trinajstić information content (AvgIpc) is 2.92. The molecule has 0 spiro atoms. The molecule has 0 N–H and O–H groups in total. The molecule has 0 radical (unpaired) electrons. The summed E-state index contributed by atoms with van der Waals surface area (Å²) in [5, 5.41) is -0.911. The topological polar surface area (TPSA) is 89.5 Å². The molecule has 1 saturated heterocycles. The van der Waals surface area contributed by atoms with E-state index in [1.807, 2.05) is 0 Å². The van der Waals surface area contributed by atoms with Crippen molar-refractivity contribution in [2.75, 3.05) is 11.4 Å². The SMILES string of the molecule is O=C1CC(S(=O)(=O)Cl)CN1c1cccc(Oc2ncc(Br)cn2)c1. The van der Waals surface area contributed by atoms with Crippen molar-refractivity contribution in [3.8, 4) is 11.8 Å². The Morgan fingerprint density at radius 2 is 2.00 bits per heavy atom. The van der Waals surface area contributed by atoms with Crippen molar-refractivity contribution >= 4 is 47.3 Å². The Labute approximate surface area is 151 Å². The number of ether oxygens (including phenoxy) is 1. The number of anilines is 1. The zero-order valence-corrected chi connectivity index (χ0v) is 15.3. The van der Waals surface area contributed by atoms with Crippen LogP contribution in [0.3, 0.4) is 0 Å². The minimum Gasteiger partial charge on any atom is -0.424 e. The van der Waals surface area contributed by atoms with Gasteiger partial charge in [0, 0.05) is 47.8 Å². The molecule has 1 aromatic heterocycles. The van der Waals surface area contributed by atoms with Crippen molar-refractivity contribution in [3.05, 3.63) is 41.1 Å². The fourth-order valence-corrected chi connectivity index (χ4v) is 3.52. The normalized spacial score (nSPS) is 18.0. The van der Waals surface area contributed by atoms with Gasteiger partial charge in [-0.2, -0.15) is 0 Å². The largest absolute Gasteiger partial charge is 0.424 e. The van der Waals surface area contributed by atoms with Crippen LogP contribution in [0.5, 0.6) is 11.8 Å². The van der Waals surface area contributed by atoms with Crippen LogP contribution in [0.1, 0.15) is 6.42 Å². The van der Waals surface area contributed by atoms with E-state index in [0.29, 0.717) is 11.4 Å². The zero-order chi connectivity index (χ0) is 17.3. The first kappa shape index (κ1) is 17.1. The van der Waals surface area contributed by atoms with Crippen LogP contribution in [0.2, 0.25) is 0 Å². The van der Waals surface area contributed by atoms with Crippen LogP contribution in [0.25, 0.3) is 0 Å². The first-order valence-electron chi connectivity index (χ1n) is 6.82. The highest BCUT2D eigenvalue weighted by atomic mass is 79.9. The number of carbonyl (C=O) groups excluding carboxylic acids is 1. The minimum absolute atomic E-state index is 0.0168. The predicted molar refractivity (Wildman–Crippen MR) is 91.8 cm³/mol. The van der Waals surface area contributed by atoms with E-state index < -0.39 is 14.3 Å². The first-order valence-corrected chi connectivity index (χ1v) is 9.99. The lowest BCUT2D eigenvalue weighted by Crippen LogP contribution is -2.26. The maximum Gasteiger partial charge on any atom is 0.321 e. The lowest BCUT2D eigenvalue weighted by molar-refractivity contribution is -0.117. The van der Waals surface area contributed by atoms with Crippen molar-refractivity contribution in [2.45, 2.75) is 11.7 Å². The molecular formula is C14H11BrClN3O4S. The molecule has 7 nitrogen and oxygen atoms in total. The molecule has 2 heterocycles. The van der Waals surface area contributed by atoms with Gasteiger partial charge in [-0.3, -0.25) is 4.79 Å². The van der Waals surface area contributed by atoms with E-state index in [1.54, 1.807) is 36.7 Å². The molecule has 3 rings (SSSR count). The standard InChI is InChI=1S/C14H11BrClN3O4S/c15-9-6-17-14(18-7-9)23-11-3-1-2-10(4-11)19-8-12(5-13(19)20)24(16,21)22/h1-4,6-7,12H,5,8H2. The second kappa shape index (κ2) is 6.66. The number of hydrogen-bond acceptors (Lipinski definition) is 6. The third-order valence-electron chi connectivity index (χ3n) is 3.42. The molecule has 0 aliphatic carbocycles. The van der Waals surface area contributed by atoms with E-state index in [4.69, 9.17) is 15.4 Å². The summed E-state index contributed by atoms with van der Waals surface area (Å²) in [7, 11) is 1.57. The number of amides is 1. The lowest BCUT2D eigenvalue weighted by atomic mass is 10.3. The fraction of sp³-hybridized carbons (Fsp3) is 0.214. The monoisotopic (exact) mass is 431 g/mol. The van der Waals surface area contributed by atoms with Gasteiger partial charge in [-0.15, -0.1) is 0 Å². The molecule has 1 unspecified atom stereocenters. The van der Waals surface area contributed by atoms with Crippen LogP contribution >= 0.6 is 26.6 Å². The maximum atomic E-state index is 12.1. The molecule has 0 saturated carbocycles. The summed E-state index contributed by atoms with van der Waals surface area (Å²) in [6.07, 6.45) is 2.96. The van der Waals surface area contributed by atoms with Crippen molar-refractivity contribution in [1.82, 2.24) is 9.97 Å². The Bertz CT molecular complexity index is 876. The number of nitrogens with zero attached hydrogens (tertiary/aromatic N) is 3. The van der Waals surface area contributed by atoms with Crippen molar-refractivity contribution in [3.63, 3.8) is 0 Å². The van der Waals surface area contributed by atoms with Crippen LogP contribution in [0.15, 0.2) is 41.1 Å². The smallest absolute Gasteiger partial charge is 0.321 e. The van der Waals surface area contributed by atoms with E-state index >= 15 is 0 Å². The van der Waals surface area contributed by atoms with Crippen molar-refractivity contribution in [2.24, 2.45) is 0 Å². The van der Waals surface area contributed by atoms with Gasteiger partial charge in [0.05, 0.1) is 4.47 Å². The van der Waals surface area contributed by atoms with E-state index in [-0.39, 0.29) is 24.9 Å². The highest BCUT2D eigenvalue weighted by molar-refractivity contribution is 9.10. The summed E-state index contributed by atoms with van der Waals surface area (Å²) < 4.78 is 29.1. The second-order valence-corrected chi connectivity index (χ2v) is 8.91. The van der Waals surface area contributed by atoms with Gasteiger partial charge in [0.25, 0.3) is 0 Å². The lowest BCUT2D eigenvalue weighted by Gasteiger charge is -2.17. The van der Waals surface area contributed by atoms with Crippen LogP contribution in [0.4, 0.5) is 5.69 Å². The molecule has 1 atom stereocenters. The molecule has 2 aromatic rings. The third kappa shape index (κ3) is 3.85. The Hall–Kier alpha value is -1.71. The molecule has 1 aliphatic rings. The summed E-state index contributed by atoms with van der Waals surface area (Å²) in [5.41, 5.74) is 0.525. The van der Waals surface area contributed by atoms with Gasteiger partial charge in [-0.1, -0.05) is 6.07 Å². The highest BCUT2D eigenvalue weighted by Gasteiger charge is 2.38. The summed E-state index contributed by atoms with van der Waals surface area (Å²) >= 11 is 3.23. The van der Waals surface area contributed by atoms with Crippen molar-refractivity contribution in [1.29, 1.82) is 0 Å². The van der Waals surface area contributed by atoms with E-state index in [0.717, 1.165) is 4.47 Å².